The first kappa shape index (κ1) is 8.76. The maximum atomic E-state index is 5.26. The number of benzene rings is 1. The molecule has 1 aliphatic carbocycles. The van der Waals surface area contributed by atoms with Gasteiger partial charge in [0.25, 0.3) is 0 Å². The van der Waals surface area contributed by atoms with Crippen LogP contribution in [0.2, 0.25) is 0 Å². The van der Waals surface area contributed by atoms with Gasteiger partial charge in [0, 0.05) is 7.11 Å². The van der Waals surface area contributed by atoms with Crippen molar-refractivity contribution in [2.75, 3.05) is 13.7 Å². The van der Waals surface area contributed by atoms with Crippen LogP contribution in [0, 0.1) is 5.41 Å². The maximum Gasteiger partial charge on any atom is 0.0522 e. The summed E-state index contributed by atoms with van der Waals surface area (Å²) in [5.74, 6) is 0. The second kappa shape index (κ2) is 3.15. The molecule has 0 atom stereocenters. The van der Waals surface area contributed by atoms with E-state index in [2.05, 4.69) is 31.2 Å². The van der Waals surface area contributed by atoms with E-state index in [-0.39, 0.29) is 0 Å². The van der Waals surface area contributed by atoms with Gasteiger partial charge in [0.05, 0.1) is 6.61 Å². The summed E-state index contributed by atoms with van der Waals surface area (Å²) >= 11 is 0. The molecule has 0 saturated carbocycles. The van der Waals surface area contributed by atoms with Crippen molar-refractivity contribution in [2.45, 2.75) is 19.8 Å². The molecule has 0 amide bonds. The minimum atomic E-state index is 0.332. The van der Waals surface area contributed by atoms with Gasteiger partial charge in [-0.1, -0.05) is 31.2 Å². The van der Waals surface area contributed by atoms with Gasteiger partial charge in [-0.05, 0) is 29.4 Å². The van der Waals surface area contributed by atoms with Gasteiger partial charge in [-0.25, -0.2) is 0 Å². The van der Waals surface area contributed by atoms with Crippen LogP contribution >= 0.6 is 0 Å². The Morgan fingerprint density at radius 1 is 1.23 bits per heavy atom. The lowest BCUT2D eigenvalue weighted by Crippen LogP contribution is -2.22. The minimum Gasteiger partial charge on any atom is -0.384 e. The highest BCUT2D eigenvalue weighted by Gasteiger charge is 2.32. The lowest BCUT2D eigenvalue weighted by molar-refractivity contribution is 0.0990. The second-order valence-electron chi connectivity index (χ2n) is 4.37. The van der Waals surface area contributed by atoms with Crippen molar-refractivity contribution in [3.05, 3.63) is 35.4 Å². The van der Waals surface area contributed by atoms with Crippen molar-refractivity contribution >= 4 is 0 Å². The summed E-state index contributed by atoms with van der Waals surface area (Å²) in [5, 5.41) is 0. The summed E-state index contributed by atoms with van der Waals surface area (Å²) in [4.78, 5) is 0. The third-order valence-electron chi connectivity index (χ3n) is 2.85. The Labute approximate surface area is 79.7 Å². The zero-order valence-electron chi connectivity index (χ0n) is 8.34. The van der Waals surface area contributed by atoms with Crippen molar-refractivity contribution < 1.29 is 4.74 Å². The van der Waals surface area contributed by atoms with Crippen LogP contribution in [0.5, 0.6) is 0 Å². The van der Waals surface area contributed by atoms with Crippen LogP contribution in [-0.4, -0.2) is 13.7 Å². The first-order valence-electron chi connectivity index (χ1n) is 4.79. The average Bonchev–Trinajstić information content (AvgIpc) is 2.40. The fourth-order valence-corrected chi connectivity index (χ4v) is 2.34. The standard InChI is InChI=1S/C12H16O/c1-12(9-13-2)7-10-5-3-4-6-11(10)8-12/h3-6H,7-9H2,1-2H3. The molecular formula is C12H16O. The van der Waals surface area contributed by atoms with Crippen molar-refractivity contribution in [1.82, 2.24) is 0 Å². The van der Waals surface area contributed by atoms with E-state index in [9.17, 15) is 0 Å². The molecule has 0 N–H and O–H groups in total. The van der Waals surface area contributed by atoms with Crippen LogP contribution in [0.4, 0.5) is 0 Å². The minimum absolute atomic E-state index is 0.332. The van der Waals surface area contributed by atoms with Gasteiger partial charge >= 0.3 is 0 Å². The normalized spacial score (nSPS) is 18.6. The first-order chi connectivity index (χ1) is 6.23. The predicted molar refractivity (Wildman–Crippen MR) is 53.8 cm³/mol. The molecule has 2 rings (SSSR count). The van der Waals surface area contributed by atoms with Crippen LogP contribution in [0.15, 0.2) is 24.3 Å². The molecule has 1 aromatic rings. The molecular weight excluding hydrogens is 160 g/mol. The summed E-state index contributed by atoms with van der Waals surface area (Å²) in [6.45, 7) is 3.16. The quantitative estimate of drug-likeness (QED) is 0.672. The Bertz CT molecular complexity index is 279. The molecule has 0 saturated heterocycles. The van der Waals surface area contributed by atoms with Crippen LogP contribution in [0.25, 0.3) is 0 Å². The average molecular weight is 176 g/mol. The largest absolute Gasteiger partial charge is 0.384 e. The highest BCUT2D eigenvalue weighted by atomic mass is 16.5. The van der Waals surface area contributed by atoms with Gasteiger partial charge in [-0.3, -0.25) is 0 Å². The molecule has 0 fully saturated rings. The number of hydrogen-bond acceptors (Lipinski definition) is 1. The van der Waals surface area contributed by atoms with Gasteiger partial charge in [0.15, 0.2) is 0 Å². The predicted octanol–water partition coefficient (Wildman–Crippen LogP) is 2.44. The summed E-state index contributed by atoms with van der Waals surface area (Å²) in [5.41, 5.74) is 3.34. The Morgan fingerprint density at radius 3 is 2.23 bits per heavy atom. The summed E-state index contributed by atoms with van der Waals surface area (Å²) in [7, 11) is 1.79. The van der Waals surface area contributed by atoms with Gasteiger partial charge in [-0.15, -0.1) is 0 Å². The molecule has 1 heteroatoms. The molecule has 1 nitrogen and oxygen atoms in total. The van der Waals surface area contributed by atoms with E-state index in [1.807, 2.05) is 0 Å². The van der Waals surface area contributed by atoms with Crippen molar-refractivity contribution in [3.8, 4) is 0 Å². The molecule has 70 valence electrons. The van der Waals surface area contributed by atoms with Crippen LogP contribution in [0.1, 0.15) is 18.1 Å². The van der Waals surface area contributed by atoms with E-state index in [1.54, 1.807) is 7.11 Å². The molecule has 0 spiro atoms. The first-order valence-corrected chi connectivity index (χ1v) is 4.79. The molecule has 0 radical (unpaired) electrons. The summed E-state index contributed by atoms with van der Waals surface area (Å²) in [6, 6.07) is 8.71. The summed E-state index contributed by atoms with van der Waals surface area (Å²) < 4.78 is 5.26. The van der Waals surface area contributed by atoms with Crippen molar-refractivity contribution in [2.24, 2.45) is 5.41 Å². The zero-order chi connectivity index (χ0) is 9.31. The SMILES string of the molecule is COCC1(C)Cc2ccccc2C1. The van der Waals surface area contributed by atoms with Gasteiger partial charge in [0.1, 0.15) is 0 Å². The second-order valence-corrected chi connectivity index (χ2v) is 4.37. The molecule has 0 bridgehead atoms. The Morgan fingerprint density at radius 2 is 1.77 bits per heavy atom. The van der Waals surface area contributed by atoms with Crippen molar-refractivity contribution in [3.63, 3.8) is 0 Å². The number of ether oxygens (including phenoxy) is 1. The van der Waals surface area contributed by atoms with E-state index in [4.69, 9.17) is 4.74 Å². The highest BCUT2D eigenvalue weighted by Crippen LogP contribution is 2.36. The number of methoxy groups -OCH3 is 1. The van der Waals surface area contributed by atoms with E-state index in [0.29, 0.717) is 5.41 Å². The molecule has 0 heterocycles. The van der Waals surface area contributed by atoms with E-state index >= 15 is 0 Å². The van der Waals surface area contributed by atoms with Crippen LogP contribution in [0.3, 0.4) is 0 Å². The smallest absolute Gasteiger partial charge is 0.0522 e. The van der Waals surface area contributed by atoms with Gasteiger partial charge in [-0.2, -0.15) is 0 Å². The number of rotatable bonds is 2. The number of hydrogen-bond donors (Lipinski definition) is 0. The highest BCUT2D eigenvalue weighted by molar-refractivity contribution is 5.33. The monoisotopic (exact) mass is 176 g/mol. The molecule has 0 aliphatic heterocycles. The van der Waals surface area contributed by atoms with E-state index in [1.165, 1.54) is 11.1 Å². The Hall–Kier alpha value is -0.820. The lowest BCUT2D eigenvalue weighted by atomic mass is 9.88. The van der Waals surface area contributed by atoms with Crippen LogP contribution < -0.4 is 0 Å². The molecule has 0 unspecified atom stereocenters. The third kappa shape index (κ3) is 1.61. The molecule has 1 aliphatic rings. The number of fused-ring (bicyclic) bond motifs is 1. The summed E-state index contributed by atoms with van der Waals surface area (Å²) in [6.07, 6.45) is 2.33. The fraction of sp³-hybridized carbons (Fsp3) is 0.500. The van der Waals surface area contributed by atoms with Crippen LogP contribution in [-0.2, 0) is 17.6 Å². The lowest BCUT2D eigenvalue weighted by Gasteiger charge is -2.21. The third-order valence-corrected chi connectivity index (χ3v) is 2.85. The maximum absolute atomic E-state index is 5.26. The Balaban J connectivity index is 2.21. The van der Waals surface area contributed by atoms with E-state index in [0.717, 1.165) is 19.4 Å². The molecule has 13 heavy (non-hydrogen) atoms. The zero-order valence-corrected chi connectivity index (χ0v) is 8.34. The molecule has 0 aromatic heterocycles. The van der Waals surface area contributed by atoms with Gasteiger partial charge in [0.2, 0.25) is 0 Å². The molecule has 1 aromatic carbocycles. The topological polar surface area (TPSA) is 9.23 Å². The Kier molecular flexibility index (Phi) is 2.12. The van der Waals surface area contributed by atoms with E-state index < -0.39 is 0 Å². The van der Waals surface area contributed by atoms with Gasteiger partial charge < -0.3 is 4.74 Å². The fourth-order valence-electron chi connectivity index (χ4n) is 2.34. The van der Waals surface area contributed by atoms with Crippen molar-refractivity contribution in [1.29, 1.82) is 0 Å².